The number of rotatable bonds is 3. The van der Waals surface area contributed by atoms with E-state index in [9.17, 15) is 0 Å². The van der Waals surface area contributed by atoms with E-state index in [2.05, 4.69) is 238 Å². The van der Waals surface area contributed by atoms with Gasteiger partial charge in [0.15, 0.2) is 0 Å². The smallest absolute Gasteiger partial charge is 0.297 e. The Hall–Kier alpha value is -5.48. The predicted octanol–water partition coefficient (Wildman–Crippen LogP) is 17.8. The molecule has 0 radical (unpaired) electrons. The third-order valence-corrected chi connectivity index (χ3v) is 19.8. The first-order chi connectivity index (χ1) is 34.4. The lowest BCUT2D eigenvalue weighted by molar-refractivity contribution is 0.332. The fraction of sp³-hybridized carbons (Fsp3) is 0.457. The molecular weight excluding hydrogens is 896 g/mol. The Morgan fingerprint density at radius 1 is 0.432 bits per heavy atom. The van der Waals surface area contributed by atoms with Gasteiger partial charge in [0.25, 0.3) is 6.71 Å². The van der Waals surface area contributed by atoms with E-state index < -0.39 is 0 Å². The monoisotopic (exact) mass is 979 g/mol. The summed E-state index contributed by atoms with van der Waals surface area (Å²) in [5, 5.41) is 1.22. The number of nitrogens with zero attached hydrogens (tertiary/aromatic N) is 2. The maximum atomic E-state index is 7.82. The summed E-state index contributed by atoms with van der Waals surface area (Å²) in [6.45, 7) is 43.7. The van der Waals surface area contributed by atoms with Crippen LogP contribution in [0.5, 0.6) is 0 Å². The summed E-state index contributed by atoms with van der Waals surface area (Å²) in [6.07, 6.45) is 6.95. The maximum Gasteiger partial charge on any atom is 0.297 e. The Balaban J connectivity index is 1.26. The van der Waals surface area contributed by atoms with Gasteiger partial charge in [0, 0.05) is 33.7 Å². The number of benzene rings is 6. The van der Waals surface area contributed by atoms with Crippen LogP contribution >= 0.6 is 0 Å². The summed E-state index contributed by atoms with van der Waals surface area (Å²) < 4.78 is 7.82. The van der Waals surface area contributed by atoms with Crippen LogP contribution in [-0.4, -0.2) is 6.71 Å². The van der Waals surface area contributed by atoms with E-state index >= 15 is 0 Å². The molecule has 74 heavy (non-hydrogen) atoms. The summed E-state index contributed by atoms with van der Waals surface area (Å²) in [4.78, 5) is 5.40. The lowest BCUT2D eigenvalue weighted by Crippen LogP contribution is -2.61. The van der Waals surface area contributed by atoms with Crippen LogP contribution in [0.2, 0.25) is 0 Å². The molecule has 0 bridgehead atoms. The molecule has 0 unspecified atom stereocenters. The van der Waals surface area contributed by atoms with Gasteiger partial charge in [0.05, 0.1) is 17.0 Å². The molecule has 3 nitrogen and oxygen atoms in total. The quantitative estimate of drug-likeness (QED) is 0.165. The zero-order valence-corrected chi connectivity index (χ0v) is 48.4. The van der Waals surface area contributed by atoms with Gasteiger partial charge in [-0.1, -0.05) is 173 Å². The van der Waals surface area contributed by atoms with Crippen molar-refractivity contribution in [2.75, 3.05) is 9.80 Å². The molecule has 0 saturated heterocycles. The summed E-state index contributed by atoms with van der Waals surface area (Å²) in [7, 11) is 0. The number of fused-ring (bicyclic) bond motifs is 9. The zero-order chi connectivity index (χ0) is 52.8. The third kappa shape index (κ3) is 7.32. The standard InChI is InChI=1S/C70H83BN2O/c1-63(2,3)43-24-27-55(46(34-43)42-22-20-19-21-23-42)73-56-40-52-51(68(13,14)31-32-69(52,15)16)39-54(56)71-60-57(35-44(36-58(60)73)64(4,5)6)72(45-25-26-48-49(37-45)66(9,10)29-28-65(48,7)8)61-47-38-50-53(41-59(47)74-62(61)71)70(17,18)33-30-67(50,11)12/h19-27,34-41H,28-33H2,1-18H3. The van der Waals surface area contributed by atoms with E-state index in [0.717, 1.165) is 43.3 Å². The lowest BCUT2D eigenvalue weighted by Gasteiger charge is -2.47. The minimum absolute atomic E-state index is 0.00393. The minimum Gasteiger partial charge on any atom is -0.468 e. The third-order valence-electron chi connectivity index (χ3n) is 19.8. The van der Waals surface area contributed by atoms with Crippen LogP contribution in [0.3, 0.4) is 0 Å². The maximum absolute atomic E-state index is 7.82. The van der Waals surface area contributed by atoms with Crippen molar-refractivity contribution >= 4 is 68.4 Å². The van der Waals surface area contributed by atoms with Gasteiger partial charge in [-0.2, -0.15) is 0 Å². The molecule has 0 spiro atoms. The van der Waals surface area contributed by atoms with Crippen LogP contribution < -0.4 is 26.4 Å². The molecule has 3 heterocycles. The van der Waals surface area contributed by atoms with E-state index in [-0.39, 0.29) is 50.0 Å². The number of furan rings is 1. The minimum atomic E-state index is -0.159. The van der Waals surface area contributed by atoms with Crippen molar-refractivity contribution in [1.29, 1.82) is 0 Å². The Kier molecular flexibility index (Phi) is 10.4. The molecule has 6 aromatic carbocycles. The van der Waals surface area contributed by atoms with E-state index in [1.807, 2.05) is 0 Å². The Morgan fingerprint density at radius 3 is 1.50 bits per heavy atom. The second kappa shape index (κ2) is 15.6. The van der Waals surface area contributed by atoms with Crippen molar-refractivity contribution in [3.05, 3.63) is 148 Å². The average Bonchev–Trinajstić information content (AvgIpc) is 3.77. The second-order valence-corrected chi connectivity index (χ2v) is 29.8. The van der Waals surface area contributed by atoms with Gasteiger partial charge >= 0.3 is 0 Å². The molecule has 3 aliphatic carbocycles. The fourth-order valence-corrected chi connectivity index (χ4v) is 14.3. The van der Waals surface area contributed by atoms with Crippen LogP contribution in [0.1, 0.15) is 208 Å². The van der Waals surface area contributed by atoms with E-state index in [1.54, 1.807) is 0 Å². The first-order valence-electron chi connectivity index (χ1n) is 28.3. The van der Waals surface area contributed by atoms with Gasteiger partial charge in [-0.15, -0.1) is 0 Å². The first-order valence-corrected chi connectivity index (χ1v) is 28.3. The molecular formula is C70H83BN2O. The normalized spacial score (nSPS) is 20.3. The molecule has 382 valence electrons. The molecule has 0 amide bonds. The van der Waals surface area contributed by atoms with Gasteiger partial charge in [0.1, 0.15) is 5.58 Å². The largest absolute Gasteiger partial charge is 0.468 e. The van der Waals surface area contributed by atoms with Gasteiger partial charge in [-0.25, -0.2) is 0 Å². The summed E-state index contributed by atoms with van der Waals surface area (Å²) in [5.41, 5.74) is 26.1. The lowest BCUT2D eigenvalue weighted by atomic mass is 9.35. The van der Waals surface area contributed by atoms with Crippen LogP contribution in [0.4, 0.5) is 34.1 Å². The van der Waals surface area contributed by atoms with Crippen LogP contribution in [-0.2, 0) is 43.3 Å². The Labute approximate surface area is 445 Å². The topological polar surface area (TPSA) is 19.6 Å². The summed E-state index contributed by atoms with van der Waals surface area (Å²) in [5.74, 6) is 0. The van der Waals surface area contributed by atoms with Crippen molar-refractivity contribution < 1.29 is 4.42 Å². The van der Waals surface area contributed by atoms with Gasteiger partial charge < -0.3 is 14.2 Å². The van der Waals surface area contributed by atoms with Gasteiger partial charge in [-0.3, -0.25) is 0 Å². The average molecular weight is 979 g/mol. The molecule has 7 aromatic rings. The van der Waals surface area contributed by atoms with Crippen LogP contribution in [0.15, 0.2) is 108 Å². The molecule has 5 aliphatic rings. The number of anilines is 6. The van der Waals surface area contributed by atoms with Crippen molar-refractivity contribution in [1.82, 2.24) is 0 Å². The molecule has 1 aromatic heterocycles. The van der Waals surface area contributed by atoms with E-state index in [0.29, 0.717) is 0 Å². The van der Waals surface area contributed by atoms with Crippen molar-refractivity contribution in [3.63, 3.8) is 0 Å². The zero-order valence-electron chi connectivity index (χ0n) is 48.4. The highest BCUT2D eigenvalue weighted by Gasteiger charge is 2.51. The van der Waals surface area contributed by atoms with Crippen LogP contribution in [0.25, 0.3) is 22.1 Å². The van der Waals surface area contributed by atoms with Crippen molar-refractivity contribution in [2.45, 2.75) is 206 Å². The van der Waals surface area contributed by atoms with Gasteiger partial charge in [-0.05, 0) is 197 Å². The van der Waals surface area contributed by atoms with E-state index in [4.69, 9.17) is 4.42 Å². The first kappa shape index (κ1) is 49.4. The fourth-order valence-electron chi connectivity index (χ4n) is 14.3. The highest BCUT2D eigenvalue weighted by Crippen LogP contribution is 2.56. The number of hydrogen-bond acceptors (Lipinski definition) is 3. The molecule has 4 heteroatoms. The van der Waals surface area contributed by atoms with Gasteiger partial charge in [0.2, 0.25) is 0 Å². The Bertz CT molecular complexity index is 3490. The number of hydrogen-bond donors (Lipinski definition) is 0. The molecule has 0 saturated carbocycles. The highest BCUT2D eigenvalue weighted by molar-refractivity contribution is 7.00. The molecule has 0 N–H and O–H groups in total. The SMILES string of the molecule is CC(C)(C)c1ccc(N2c3cc4c(cc3B3c5oc6cc7c(cc6c5N(c5ccc6c(c5)C(C)(C)CCC6(C)C)c5cc(C(C)(C)C)cc2c53)C(C)(C)CCC7(C)C)C(C)(C)CCC4(C)C)c(-c2ccccc2)c1. The summed E-state index contributed by atoms with van der Waals surface area (Å²) >= 11 is 0. The molecule has 0 fully saturated rings. The molecule has 12 rings (SSSR count). The van der Waals surface area contributed by atoms with Crippen molar-refractivity contribution in [3.8, 4) is 11.1 Å². The predicted molar refractivity (Wildman–Crippen MR) is 319 cm³/mol. The highest BCUT2D eigenvalue weighted by atomic mass is 16.3. The summed E-state index contributed by atoms with van der Waals surface area (Å²) in [6, 6.07) is 41.6. The second-order valence-electron chi connectivity index (χ2n) is 29.8. The van der Waals surface area contributed by atoms with Crippen LogP contribution in [0, 0.1) is 0 Å². The van der Waals surface area contributed by atoms with Crippen molar-refractivity contribution in [2.24, 2.45) is 0 Å². The van der Waals surface area contributed by atoms with E-state index in [1.165, 1.54) is 112 Å². The molecule has 0 atom stereocenters. The molecule has 2 aliphatic heterocycles. The Morgan fingerprint density at radius 2 is 0.932 bits per heavy atom.